The molecule has 1 aliphatic rings. The number of nitrogens with zero attached hydrogens (tertiary/aromatic N) is 1. The molecule has 0 bridgehead atoms. The van der Waals surface area contributed by atoms with Crippen molar-refractivity contribution in [2.45, 2.75) is 31.7 Å². The predicted octanol–water partition coefficient (Wildman–Crippen LogP) is 1.79. The zero-order valence-electron chi connectivity index (χ0n) is 8.96. The highest BCUT2D eigenvalue weighted by atomic mass is 32.2. The van der Waals surface area contributed by atoms with E-state index in [1.807, 2.05) is 0 Å². The summed E-state index contributed by atoms with van der Waals surface area (Å²) in [6, 6.07) is 0. The molecule has 96 valence electrons. The Morgan fingerprint density at radius 1 is 1.19 bits per heavy atom. The first-order valence-electron chi connectivity index (χ1n) is 5.11. The fraction of sp³-hybridized carbons (Fsp3) is 1.00. The maximum atomic E-state index is 12.2. The van der Waals surface area contributed by atoms with Crippen molar-refractivity contribution >= 4 is 10.1 Å². The minimum Gasteiger partial charge on any atom is -0.185 e. The lowest BCUT2D eigenvalue weighted by Gasteiger charge is -2.36. The van der Waals surface area contributed by atoms with Gasteiger partial charge < -0.3 is 0 Å². The van der Waals surface area contributed by atoms with Gasteiger partial charge in [-0.15, -0.1) is 0 Å². The largest absolute Gasteiger partial charge is 0.528 e. The molecular formula is C8H15F3NO3S+. The number of hydroxylamine groups is 3. The van der Waals surface area contributed by atoms with Crippen LogP contribution in [0.4, 0.5) is 13.2 Å². The molecule has 8 heteroatoms. The first-order valence-corrected chi connectivity index (χ1v) is 6.52. The number of hydrogen-bond acceptors (Lipinski definition) is 3. The third-order valence-corrected chi connectivity index (χ3v) is 3.83. The Morgan fingerprint density at radius 3 is 2.06 bits per heavy atom. The molecule has 0 aromatic carbocycles. The highest BCUT2D eigenvalue weighted by molar-refractivity contribution is 7.87. The van der Waals surface area contributed by atoms with Crippen molar-refractivity contribution in [2.75, 3.05) is 19.6 Å². The van der Waals surface area contributed by atoms with Crippen molar-refractivity contribution in [1.82, 2.24) is 0 Å². The third-order valence-electron chi connectivity index (χ3n) is 2.75. The number of likely N-dealkylation sites (tertiary alicyclic amines) is 1. The van der Waals surface area contributed by atoms with Crippen molar-refractivity contribution < 1.29 is 30.5 Å². The average molecular weight is 262 g/mol. The number of alkyl halides is 3. The van der Waals surface area contributed by atoms with Crippen LogP contribution in [-0.2, 0) is 14.4 Å². The monoisotopic (exact) mass is 262 g/mol. The highest BCUT2D eigenvalue weighted by Crippen LogP contribution is 2.30. The van der Waals surface area contributed by atoms with Crippen LogP contribution in [-0.4, -0.2) is 38.2 Å². The molecule has 4 nitrogen and oxygen atoms in total. The zero-order chi connectivity index (χ0) is 12.4. The predicted molar refractivity (Wildman–Crippen MR) is 50.4 cm³/mol. The van der Waals surface area contributed by atoms with Crippen molar-refractivity contribution in [1.29, 1.82) is 0 Å². The Balaban J connectivity index is 2.85. The molecule has 0 N–H and O–H groups in total. The summed E-state index contributed by atoms with van der Waals surface area (Å²) >= 11 is 0. The summed E-state index contributed by atoms with van der Waals surface area (Å²) in [4.78, 5) is 0. The molecule has 0 aromatic rings. The summed E-state index contributed by atoms with van der Waals surface area (Å²) < 4.78 is 62.3. The summed E-state index contributed by atoms with van der Waals surface area (Å²) in [5, 5.41) is 0. The summed E-state index contributed by atoms with van der Waals surface area (Å²) in [6.07, 6.45) is 2.26. The first-order chi connectivity index (χ1) is 7.22. The molecule has 1 aliphatic heterocycles. The topological polar surface area (TPSA) is 43.4 Å². The maximum absolute atomic E-state index is 12.2. The van der Waals surface area contributed by atoms with Gasteiger partial charge in [0.25, 0.3) is 0 Å². The SMILES string of the molecule is CC[N+]1(OS(=O)(=O)C(F)(F)F)CCCCC1. The molecule has 0 unspecified atom stereocenters. The second-order valence-corrected chi connectivity index (χ2v) is 5.38. The number of quaternary nitrogens is 1. The minimum atomic E-state index is -5.50. The number of halogens is 3. The van der Waals surface area contributed by atoms with Crippen LogP contribution in [0, 0.1) is 0 Å². The van der Waals surface area contributed by atoms with Crippen molar-refractivity contribution in [3.8, 4) is 0 Å². The Bertz CT molecular complexity index is 333. The van der Waals surface area contributed by atoms with Gasteiger partial charge in [0.2, 0.25) is 0 Å². The molecule has 1 rings (SSSR count). The molecule has 0 aromatic heterocycles. The zero-order valence-corrected chi connectivity index (χ0v) is 9.77. The van der Waals surface area contributed by atoms with E-state index >= 15 is 0 Å². The number of rotatable bonds is 3. The van der Waals surface area contributed by atoms with Gasteiger partial charge in [0.1, 0.15) is 19.6 Å². The van der Waals surface area contributed by atoms with Crippen LogP contribution in [0.25, 0.3) is 0 Å². The van der Waals surface area contributed by atoms with Gasteiger partial charge >= 0.3 is 15.6 Å². The smallest absolute Gasteiger partial charge is 0.185 e. The van der Waals surface area contributed by atoms with E-state index in [9.17, 15) is 21.6 Å². The van der Waals surface area contributed by atoms with E-state index in [0.717, 1.165) is 6.42 Å². The van der Waals surface area contributed by atoms with Gasteiger partial charge in [-0.25, -0.2) is 0 Å². The van der Waals surface area contributed by atoms with Crippen LogP contribution in [0.15, 0.2) is 0 Å². The molecule has 0 amide bonds. The van der Waals surface area contributed by atoms with Crippen LogP contribution >= 0.6 is 0 Å². The fourth-order valence-corrected chi connectivity index (χ4v) is 2.54. The number of hydrogen-bond donors (Lipinski definition) is 0. The second-order valence-electron chi connectivity index (χ2n) is 3.86. The van der Waals surface area contributed by atoms with E-state index in [4.69, 9.17) is 0 Å². The van der Waals surface area contributed by atoms with E-state index in [1.165, 1.54) is 0 Å². The van der Waals surface area contributed by atoms with E-state index in [2.05, 4.69) is 4.28 Å². The van der Waals surface area contributed by atoms with Gasteiger partial charge in [-0.2, -0.15) is 26.2 Å². The Hall–Kier alpha value is -0.340. The summed E-state index contributed by atoms with van der Waals surface area (Å²) in [7, 11) is -5.50. The van der Waals surface area contributed by atoms with Gasteiger partial charge in [0.05, 0.1) is 0 Å². The van der Waals surface area contributed by atoms with Gasteiger partial charge in [-0.3, -0.25) is 0 Å². The van der Waals surface area contributed by atoms with Gasteiger partial charge in [0.15, 0.2) is 0 Å². The molecule has 0 saturated carbocycles. The van der Waals surface area contributed by atoms with E-state index < -0.39 is 20.3 Å². The van der Waals surface area contributed by atoms with Crippen LogP contribution in [0.5, 0.6) is 0 Å². The maximum Gasteiger partial charge on any atom is 0.528 e. The van der Waals surface area contributed by atoms with Crippen LogP contribution in [0.3, 0.4) is 0 Å². The molecule has 0 radical (unpaired) electrons. The van der Waals surface area contributed by atoms with Crippen molar-refractivity contribution in [3.05, 3.63) is 0 Å². The molecular weight excluding hydrogens is 247 g/mol. The van der Waals surface area contributed by atoms with Gasteiger partial charge in [-0.05, 0) is 26.2 Å². The minimum absolute atomic E-state index is 0.218. The molecule has 0 spiro atoms. The Kier molecular flexibility index (Phi) is 3.86. The van der Waals surface area contributed by atoms with Crippen molar-refractivity contribution in [3.63, 3.8) is 0 Å². The van der Waals surface area contributed by atoms with Gasteiger partial charge in [0, 0.05) is 0 Å². The fourth-order valence-electron chi connectivity index (χ4n) is 1.78. The normalized spacial score (nSPS) is 22.0. The Labute approximate surface area is 92.7 Å². The molecule has 1 fully saturated rings. The number of piperidine rings is 1. The summed E-state index contributed by atoms with van der Waals surface area (Å²) in [5.41, 5.74) is -5.34. The molecule has 1 heterocycles. The van der Waals surface area contributed by atoms with E-state index in [-0.39, 0.29) is 6.54 Å². The Morgan fingerprint density at radius 2 is 1.69 bits per heavy atom. The van der Waals surface area contributed by atoms with E-state index in [0.29, 0.717) is 25.9 Å². The standard InChI is InChI=1S/C8H15F3NO3S/c1-2-12(6-4-3-5-7-12)15-16(13,14)8(9,10)11/h2-7H2,1H3/q+1. The average Bonchev–Trinajstić information content (AvgIpc) is 2.17. The second kappa shape index (κ2) is 4.50. The summed E-state index contributed by atoms with van der Waals surface area (Å²) in [5.74, 6) is 0. The third kappa shape index (κ3) is 2.86. The molecule has 1 saturated heterocycles. The molecule has 0 aliphatic carbocycles. The van der Waals surface area contributed by atoms with Gasteiger partial charge in [-0.1, -0.05) is 4.28 Å². The first kappa shape index (κ1) is 13.7. The van der Waals surface area contributed by atoms with Crippen molar-refractivity contribution in [2.24, 2.45) is 0 Å². The van der Waals surface area contributed by atoms with E-state index in [1.54, 1.807) is 6.92 Å². The van der Waals surface area contributed by atoms with Crippen LogP contribution in [0.1, 0.15) is 26.2 Å². The highest BCUT2D eigenvalue weighted by Gasteiger charge is 2.53. The van der Waals surface area contributed by atoms with Crippen LogP contribution < -0.4 is 0 Å². The summed E-state index contributed by atoms with van der Waals surface area (Å²) in [6.45, 7) is 2.46. The molecule has 16 heavy (non-hydrogen) atoms. The lowest BCUT2D eigenvalue weighted by atomic mass is 10.1. The lowest BCUT2D eigenvalue weighted by molar-refractivity contribution is -1.08. The quantitative estimate of drug-likeness (QED) is 0.575. The van der Waals surface area contributed by atoms with Crippen LogP contribution in [0.2, 0.25) is 0 Å². The molecule has 0 atom stereocenters. The lowest BCUT2D eigenvalue weighted by Crippen LogP contribution is -2.53.